The van der Waals surface area contributed by atoms with E-state index in [1.54, 1.807) is 17.4 Å². The van der Waals surface area contributed by atoms with E-state index in [9.17, 15) is 10.1 Å². The van der Waals surface area contributed by atoms with Crippen LogP contribution in [0.5, 0.6) is 0 Å². The van der Waals surface area contributed by atoms with Crippen molar-refractivity contribution in [3.8, 4) is 0 Å². The first-order chi connectivity index (χ1) is 9.79. The summed E-state index contributed by atoms with van der Waals surface area (Å²) < 4.78 is 0. The van der Waals surface area contributed by atoms with E-state index in [0.717, 1.165) is 26.7 Å². The Kier molecular flexibility index (Phi) is 4.27. The van der Waals surface area contributed by atoms with Crippen LogP contribution in [-0.4, -0.2) is 9.91 Å². The minimum Gasteiger partial charge on any atom is -0.372 e. The second kappa shape index (κ2) is 5.81. The van der Waals surface area contributed by atoms with Crippen molar-refractivity contribution < 1.29 is 4.92 Å². The van der Waals surface area contributed by atoms with E-state index in [4.69, 9.17) is 0 Å². The van der Waals surface area contributed by atoms with Crippen LogP contribution in [0.1, 0.15) is 39.7 Å². The summed E-state index contributed by atoms with van der Waals surface area (Å²) in [6, 6.07) is 3.44. The van der Waals surface area contributed by atoms with Gasteiger partial charge in [0.25, 0.3) is 5.69 Å². The fourth-order valence-electron chi connectivity index (χ4n) is 2.32. The quantitative estimate of drug-likeness (QED) is 0.669. The van der Waals surface area contributed by atoms with Gasteiger partial charge >= 0.3 is 0 Å². The number of aromatic nitrogens is 1. The Balaban J connectivity index is 2.36. The molecule has 1 aromatic heterocycles. The Morgan fingerprint density at radius 1 is 1.24 bits per heavy atom. The molecule has 2 rings (SSSR count). The lowest BCUT2D eigenvalue weighted by Crippen LogP contribution is -2.09. The third-order valence-corrected chi connectivity index (χ3v) is 4.77. The molecule has 0 fully saturated rings. The van der Waals surface area contributed by atoms with Crippen molar-refractivity contribution >= 4 is 22.7 Å². The summed E-state index contributed by atoms with van der Waals surface area (Å²) >= 11 is 1.62. The Morgan fingerprint density at radius 2 is 1.86 bits per heavy atom. The topological polar surface area (TPSA) is 68.1 Å². The maximum Gasteiger partial charge on any atom is 0.292 e. The summed E-state index contributed by atoms with van der Waals surface area (Å²) in [5.74, 6) is 0. The molecule has 0 spiro atoms. The van der Waals surface area contributed by atoms with Crippen LogP contribution in [0.15, 0.2) is 12.1 Å². The van der Waals surface area contributed by atoms with Crippen molar-refractivity contribution in [1.29, 1.82) is 0 Å². The lowest BCUT2D eigenvalue weighted by atomic mass is 10.1. The van der Waals surface area contributed by atoms with Crippen molar-refractivity contribution in [1.82, 2.24) is 4.98 Å². The number of thiazole rings is 1. The first kappa shape index (κ1) is 15.4. The van der Waals surface area contributed by atoms with Crippen LogP contribution in [-0.2, 0) is 0 Å². The molecule has 0 amide bonds. The number of nitrogens with zero attached hydrogens (tertiary/aromatic N) is 2. The molecule has 0 bridgehead atoms. The lowest BCUT2D eigenvalue weighted by molar-refractivity contribution is -0.384. The average Bonchev–Trinajstić information content (AvgIpc) is 2.72. The summed E-state index contributed by atoms with van der Waals surface area (Å²) in [5, 5.41) is 15.5. The molecule has 0 aliphatic rings. The molecule has 0 aliphatic heterocycles. The molecule has 1 aromatic carbocycles. The molecular formula is C15H19N3O2S. The van der Waals surface area contributed by atoms with E-state index in [2.05, 4.69) is 10.3 Å². The van der Waals surface area contributed by atoms with Gasteiger partial charge in [0.15, 0.2) is 0 Å². The Morgan fingerprint density at radius 3 is 2.38 bits per heavy atom. The third-order valence-electron chi connectivity index (χ3n) is 3.51. The average molecular weight is 305 g/mol. The standard InChI is InChI=1S/C15H19N3O2S/c1-8-6-13(14(18(19)20)7-9(8)2)17-11(4)15-10(3)16-12(5)21-15/h6-7,11,17H,1-5H3. The van der Waals surface area contributed by atoms with Crippen molar-refractivity contribution in [2.75, 3.05) is 5.32 Å². The second-order valence-electron chi connectivity index (χ2n) is 5.26. The number of hydrogen-bond donors (Lipinski definition) is 1. The van der Waals surface area contributed by atoms with E-state index >= 15 is 0 Å². The molecule has 1 N–H and O–H groups in total. The van der Waals surface area contributed by atoms with E-state index < -0.39 is 0 Å². The number of hydrogen-bond acceptors (Lipinski definition) is 5. The summed E-state index contributed by atoms with van der Waals surface area (Å²) in [7, 11) is 0. The number of nitro benzene ring substituents is 1. The molecule has 6 heteroatoms. The largest absolute Gasteiger partial charge is 0.372 e. The number of aryl methyl sites for hydroxylation is 4. The molecule has 1 heterocycles. The number of nitro groups is 1. The zero-order chi connectivity index (χ0) is 15.7. The SMILES string of the molecule is Cc1nc(C)c(C(C)Nc2cc(C)c(C)cc2[N+](=O)[O-])s1. The molecule has 5 nitrogen and oxygen atoms in total. The van der Waals surface area contributed by atoms with Gasteiger partial charge in [0, 0.05) is 10.9 Å². The summed E-state index contributed by atoms with van der Waals surface area (Å²) in [4.78, 5) is 16.4. The van der Waals surface area contributed by atoms with Gasteiger partial charge in [-0.25, -0.2) is 4.98 Å². The van der Waals surface area contributed by atoms with Gasteiger partial charge in [0.1, 0.15) is 5.69 Å². The van der Waals surface area contributed by atoms with Gasteiger partial charge in [-0.1, -0.05) is 0 Å². The van der Waals surface area contributed by atoms with Crippen LogP contribution in [0.3, 0.4) is 0 Å². The second-order valence-corrected chi connectivity index (χ2v) is 6.49. The normalized spacial score (nSPS) is 12.2. The zero-order valence-electron chi connectivity index (χ0n) is 12.9. The van der Waals surface area contributed by atoms with Gasteiger partial charge in [0.2, 0.25) is 0 Å². The summed E-state index contributed by atoms with van der Waals surface area (Å²) in [6.07, 6.45) is 0. The fourth-order valence-corrected chi connectivity index (χ4v) is 3.25. The van der Waals surface area contributed by atoms with Crippen LogP contribution in [0.25, 0.3) is 0 Å². The number of anilines is 1. The molecule has 112 valence electrons. The molecule has 1 unspecified atom stereocenters. The first-order valence-corrected chi connectivity index (χ1v) is 7.57. The van der Waals surface area contributed by atoms with Gasteiger partial charge in [-0.3, -0.25) is 10.1 Å². The van der Waals surface area contributed by atoms with Crippen LogP contribution >= 0.6 is 11.3 Å². The summed E-state index contributed by atoms with van der Waals surface area (Å²) in [5.41, 5.74) is 3.60. The van der Waals surface area contributed by atoms with E-state index in [0.29, 0.717) is 5.69 Å². The van der Waals surface area contributed by atoms with Crippen molar-refractivity contribution in [3.63, 3.8) is 0 Å². The van der Waals surface area contributed by atoms with E-state index in [1.165, 1.54) is 0 Å². The number of benzene rings is 1. The van der Waals surface area contributed by atoms with Crippen molar-refractivity contribution in [2.24, 2.45) is 0 Å². The van der Waals surface area contributed by atoms with E-state index in [1.807, 2.05) is 40.7 Å². The van der Waals surface area contributed by atoms with Gasteiger partial charge in [-0.05, 0) is 51.8 Å². The molecule has 21 heavy (non-hydrogen) atoms. The molecular weight excluding hydrogens is 286 g/mol. The van der Waals surface area contributed by atoms with Gasteiger partial charge < -0.3 is 5.32 Å². The monoisotopic (exact) mass is 305 g/mol. The third kappa shape index (κ3) is 3.21. The predicted octanol–water partition coefficient (Wildman–Crippen LogP) is 4.46. The molecule has 0 radical (unpaired) electrons. The molecule has 0 saturated carbocycles. The first-order valence-electron chi connectivity index (χ1n) is 6.75. The predicted molar refractivity (Wildman–Crippen MR) is 86.2 cm³/mol. The Bertz CT molecular complexity index is 694. The number of nitrogens with one attached hydrogen (secondary N) is 1. The van der Waals surface area contributed by atoms with Crippen LogP contribution in [0, 0.1) is 37.8 Å². The highest BCUT2D eigenvalue weighted by Gasteiger charge is 2.19. The minimum absolute atomic E-state index is 0.0167. The maximum absolute atomic E-state index is 11.2. The van der Waals surface area contributed by atoms with Gasteiger partial charge in [-0.15, -0.1) is 11.3 Å². The molecule has 0 aliphatic carbocycles. The molecule has 1 atom stereocenters. The maximum atomic E-state index is 11.2. The van der Waals surface area contributed by atoms with Gasteiger partial charge in [-0.2, -0.15) is 0 Å². The summed E-state index contributed by atoms with van der Waals surface area (Å²) in [6.45, 7) is 9.76. The molecule has 2 aromatic rings. The highest BCUT2D eigenvalue weighted by molar-refractivity contribution is 7.11. The van der Waals surface area contributed by atoms with E-state index in [-0.39, 0.29) is 16.7 Å². The Hall–Kier alpha value is -1.95. The highest BCUT2D eigenvalue weighted by Crippen LogP contribution is 2.33. The minimum atomic E-state index is -0.341. The zero-order valence-corrected chi connectivity index (χ0v) is 13.7. The molecule has 0 saturated heterocycles. The number of rotatable bonds is 4. The fraction of sp³-hybridized carbons (Fsp3) is 0.400. The van der Waals surface area contributed by atoms with Crippen LogP contribution in [0.2, 0.25) is 0 Å². The van der Waals surface area contributed by atoms with Crippen molar-refractivity contribution in [3.05, 3.63) is 49.0 Å². The van der Waals surface area contributed by atoms with Crippen molar-refractivity contribution in [2.45, 2.75) is 40.7 Å². The van der Waals surface area contributed by atoms with Crippen LogP contribution < -0.4 is 5.32 Å². The van der Waals surface area contributed by atoms with Gasteiger partial charge in [0.05, 0.1) is 21.7 Å². The lowest BCUT2D eigenvalue weighted by Gasteiger charge is -2.15. The highest BCUT2D eigenvalue weighted by atomic mass is 32.1. The Labute approximate surface area is 128 Å². The smallest absolute Gasteiger partial charge is 0.292 e. The van der Waals surface area contributed by atoms with Crippen LogP contribution in [0.4, 0.5) is 11.4 Å².